The fourth-order valence-corrected chi connectivity index (χ4v) is 1.58. The number of benzene rings is 1. The highest BCUT2D eigenvalue weighted by atomic mass is 35.5. The third-order valence-corrected chi connectivity index (χ3v) is 2.43. The van der Waals surface area contributed by atoms with Gasteiger partial charge in [0, 0.05) is 25.0 Å². The molecule has 1 aromatic carbocycles. The van der Waals surface area contributed by atoms with Gasteiger partial charge in [-0.2, -0.15) is 0 Å². The first-order valence-corrected chi connectivity index (χ1v) is 5.05. The molecule has 0 spiro atoms. The van der Waals surface area contributed by atoms with Crippen molar-refractivity contribution in [2.24, 2.45) is 0 Å². The summed E-state index contributed by atoms with van der Waals surface area (Å²) in [4.78, 5) is 8.16. The van der Waals surface area contributed by atoms with Gasteiger partial charge < -0.3 is 5.32 Å². The van der Waals surface area contributed by atoms with Crippen molar-refractivity contribution in [3.63, 3.8) is 0 Å². The number of nitrogens with one attached hydrogen (secondary N) is 1. The van der Waals surface area contributed by atoms with Crippen LogP contribution in [-0.2, 0) is 0 Å². The molecular formula is C11H9ClFN3. The van der Waals surface area contributed by atoms with Crippen molar-refractivity contribution < 1.29 is 4.39 Å². The number of nitrogens with zero attached hydrogens (tertiary/aromatic N) is 2. The third kappa shape index (κ3) is 1.84. The predicted octanol–water partition coefficient (Wildman–Crippen LogP) is 2.98. The highest BCUT2D eigenvalue weighted by Crippen LogP contribution is 2.29. The molecule has 2 aromatic rings. The second-order valence-electron chi connectivity index (χ2n) is 3.10. The first-order valence-electron chi connectivity index (χ1n) is 4.67. The van der Waals surface area contributed by atoms with Gasteiger partial charge in [0.25, 0.3) is 0 Å². The quantitative estimate of drug-likeness (QED) is 0.873. The number of anilines is 1. The van der Waals surface area contributed by atoms with Gasteiger partial charge in [-0.25, -0.2) is 9.37 Å². The van der Waals surface area contributed by atoms with Gasteiger partial charge >= 0.3 is 0 Å². The summed E-state index contributed by atoms with van der Waals surface area (Å²) in [7, 11) is 1.70. The summed E-state index contributed by atoms with van der Waals surface area (Å²) < 4.78 is 13.8. The Bertz CT molecular complexity index is 516. The molecular weight excluding hydrogens is 229 g/mol. The first kappa shape index (κ1) is 10.8. The van der Waals surface area contributed by atoms with Crippen molar-refractivity contribution in [1.29, 1.82) is 0 Å². The number of hydrogen-bond acceptors (Lipinski definition) is 3. The Morgan fingerprint density at radius 1 is 1.25 bits per heavy atom. The molecule has 1 heterocycles. The van der Waals surface area contributed by atoms with Crippen LogP contribution in [0, 0.1) is 5.82 Å². The highest BCUT2D eigenvalue weighted by molar-refractivity contribution is 6.31. The van der Waals surface area contributed by atoms with Crippen LogP contribution in [0.3, 0.4) is 0 Å². The van der Waals surface area contributed by atoms with Gasteiger partial charge in [0.05, 0.1) is 5.02 Å². The summed E-state index contributed by atoms with van der Waals surface area (Å²) in [6.45, 7) is 0. The molecule has 1 N–H and O–H groups in total. The Labute approximate surface area is 97.3 Å². The minimum atomic E-state index is -0.485. The second-order valence-corrected chi connectivity index (χ2v) is 3.51. The van der Waals surface area contributed by atoms with Crippen LogP contribution in [0.25, 0.3) is 11.3 Å². The molecule has 0 bridgehead atoms. The van der Waals surface area contributed by atoms with Crippen molar-refractivity contribution in [3.05, 3.63) is 41.4 Å². The molecule has 0 fully saturated rings. The van der Waals surface area contributed by atoms with Gasteiger partial charge in [-0.05, 0) is 12.1 Å². The molecule has 5 heteroatoms. The van der Waals surface area contributed by atoms with E-state index in [1.165, 1.54) is 18.5 Å². The minimum Gasteiger partial charge on any atom is -0.371 e. The molecule has 2 rings (SSSR count). The number of aromatic nitrogens is 2. The molecule has 0 amide bonds. The maximum Gasteiger partial charge on any atom is 0.152 e. The SMILES string of the molecule is CNc1nccnc1-c1cccc(Cl)c1F. The lowest BCUT2D eigenvalue weighted by atomic mass is 10.1. The van der Waals surface area contributed by atoms with Crippen LogP contribution in [0.4, 0.5) is 10.2 Å². The zero-order valence-electron chi connectivity index (χ0n) is 8.54. The highest BCUT2D eigenvalue weighted by Gasteiger charge is 2.13. The standard InChI is InChI=1S/C11H9ClFN3/c1-14-11-10(15-5-6-16-11)7-3-2-4-8(12)9(7)13/h2-6H,1H3,(H,14,16). The van der Waals surface area contributed by atoms with Crippen molar-refractivity contribution >= 4 is 17.4 Å². The van der Waals surface area contributed by atoms with E-state index in [0.717, 1.165) is 0 Å². The van der Waals surface area contributed by atoms with Gasteiger partial charge in [-0.3, -0.25) is 4.98 Å². The predicted molar refractivity (Wildman–Crippen MR) is 62.0 cm³/mol. The maximum absolute atomic E-state index is 13.8. The molecule has 0 saturated heterocycles. The van der Waals surface area contributed by atoms with E-state index in [1.807, 2.05) is 0 Å². The van der Waals surface area contributed by atoms with E-state index in [1.54, 1.807) is 19.2 Å². The maximum atomic E-state index is 13.8. The van der Waals surface area contributed by atoms with Gasteiger partial charge in [0.15, 0.2) is 11.6 Å². The van der Waals surface area contributed by atoms with Crippen LogP contribution in [0.15, 0.2) is 30.6 Å². The fourth-order valence-electron chi connectivity index (χ4n) is 1.40. The lowest BCUT2D eigenvalue weighted by molar-refractivity contribution is 0.631. The Balaban J connectivity index is 2.63. The molecule has 82 valence electrons. The Morgan fingerprint density at radius 3 is 2.75 bits per heavy atom. The summed E-state index contributed by atoms with van der Waals surface area (Å²) in [5, 5.41) is 2.93. The minimum absolute atomic E-state index is 0.0743. The lowest BCUT2D eigenvalue weighted by Gasteiger charge is -2.07. The van der Waals surface area contributed by atoms with Gasteiger partial charge in [0.2, 0.25) is 0 Å². The van der Waals surface area contributed by atoms with Crippen LogP contribution < -0.4 is 5.32 Å². The van der Waals surface area contributed by atoms with Gasteiger partial charge in [-0.1, -0.05) is 17.7 Å². The van der Waals surface area contributed by atoms with E-state index >= 15 is 0 Å². The third-order valence-electron chi connectivity index (χ3n) is 2.14. The number of rotatable bonds is 2. The van der Waals surface area contributed by atoms with Gasteiger partial charge in [0.1, 0.15) is 5.69 Å². The van der Waals surface area contributed by atoms with Crippen molar-refractivity contribution in [2.45, 2.75) is 0 Å². The molecule has 0 atom stereocenters. The zero-order chi connectivity index (χ0) is 11.5. The molecule has 0 aliphatic heterocycles. The average Bonchev–Trinajstić information content (AvgIpc) is 2.33. The monoisotopic (exact) mass is 237 g/mol. The van der Waals surface area contributed by atoms with Crippen LogP contribution in [0.5, 0.6) is 0 Å². The molecule has 0 aliphatic carbocycles. The topological polar surface area (TPSA) is 37.8 Å². The molecule has 3 nitrogen and oxygen atoms in total. The van der Waals surface area contributed by atoms with E-state index in [0.29, 0.717) is 17.1 Å². The Hall–Kier alpha value is -1.68. The summed E-state index contributed by atoms with van der Waals surface area (Å²) >= 11 is 5.72. The van der Waals surface area contributed by atoms with E-state index in [-0.39, 0.29) is 5.02 Å². The Kier molecular flexibility index (Phi) is 3.01. The molecule has 16 heavy (non-hydrogen) atoms. The van der Waals surface area contributed by atoms with Crippen molar-refractivity contribution in [2.75, 3.05) is 12.4 Å². The van der Waals surface area contributed by atoms with Crippen molar-refractivity contribution in [1.82, 2.24) is 9.97 Å². The van der Waals surface area contributed by atoms with E-state index in [9.17, 15) is 4.39 Å². The molecule has 0 saturated carbocycles. The molecule has 0 aliphatic rings. The normalized spacial score (nSPS) is 10.2. The number of halogens is 2. The summed E-state index contributed by atoms with van der Waals surface area (Å²) in [5.74, 6) is 0.0323. The second kappa shape index (κ2) is 4.45. The fraction of sp³-hybridized carbons (Fsp3) is 0.0909. The summed E-state index contributed by atoms with van der Waals surface area (Å²) in [5.41, 5.74) is 0.787. The molecule has 1 aromatic heterocycles. The average molecular weight is 238 g/mol. The van der Waals surface area contributed by atoms with Crippen LogP contribution in [0.2, 0.25) is 5.02 Å². The largest absolute Gasteiger partial charge is 0.371 e. The Morgan fingerprint density at radius 2 is 2.00 bits per heavy atom. The number of hydrogen-bond donors (Lipinski definition) is 1. The summed E-state index contributed by atoms with van der Waals surface area (Å²) in [6, 6.07) is 4.79. The lowest BCUT2D eigenvalue weighted by Crippen LogP contribution is -1.98. The molecule has 0 radical (unpaired) electrons. The van der Waals surface area contributed by atoms with Crippen LogP contribution >= 0.6 is 11.6 Å². The summed E-state index contributed by atoms with van der Waals surface area (Å²) in [6.07, 6.45) is 3.05. The van der Waals surface area contributed by atoms with Crippen LogP contribution in [-0.4, -0.2) is 17.0 Å². The van der Waals surface area contributed by atoms with Crippen molar-refractivity contribution in [3.8, 4) is 11.3 Å². The first-order chi connectivity index (χ1) is 7.74. The van der Waals surface area contributed by atoms with Gasteiger partial charge in [-0.15, -0.1) is 0 Å². The van der Waals surface area contributed by atoms with E-state index in [4.69, 9.17) is 11.6 Å². The van der Waals surface area contributed by atoms with E-state index < -0.39 is 5.82 Å². The smallest absolute Gasteiger partial charge is 0.152 e. The zero-order valence-corrected chi connectivity index (χ0v) is 9.29. The molecule has 0 unspecified atom stereocenters. The van der Waals surface area contributed by atoms with E-state index in [2.05, 4.69) is 15.3 Å². The van der Waals surface area contributed by atoms with Crippen LogP contribution in [0.1, 0.15) is 0 Å².